The molecule has 0 saturated carbocycles. The summed E-state index contributed by atoms with van der Waals surface area (Å²) in [4.78, 5) is 27.4. The summed E-state index contributed by atoms with van der Waals surface area (Å²) in [6, 6.07) is 11.1. The number of nitrogens with one attached hydrogen (secondary N) is 1. The molecule has 0 radical (unpaired) electrons. The molecule has 7 nitrogen and oxygen atoms in total. The lowest BCUT2D eigenvalue weighted by Crippen LogP contribution is -2.38. The van der Waals surface area contributed by atoms with E-state index in [0.717, 1.165) is 17.7 Å². The van der Waals surface area contributed by atoms with Crippen molar-refractivity contribution < 1.29 is 22.4 Å². The van der Waals surface area contributed by atoms with E-state index in [9.17, 15) is 22.4 Å². The molecule has 2 aliphatic rings. The first-order valence-corrected chi connectivity index (χ1v) is 11.9. The number of carbonyl (C=O) groups is 2. The van der Waals surface area contributed by atoms with E-state index < -0.39 is 27.7 Å². The number of amides is 2. The highest BCUT2D eigenvalue weighted by molar-refractivity contribution is 7.89. The first-order chi connectivity index (χ1) is 15.2. The van der Waals surface area contributed by atoms with Gasteiger partial charge in [-0.05, 0) is 62.6 Å². The van der Waals surface area contributed by atoms with E-state index in [4.69, 9.17) is 0 Å². The number of imide groups is 1. The molecule has 0 unspecified atom stereocenters. The first kappa shape index (κ1) is 22.2. The topological polar surface area (TPSA) is 86.8 Å². The average Bonchev–Trinajstić information content (AvgIpc) is 3.37. The molecule has 4 rings (SSSR count). The quantitative estimate of drug-likeness (QED) is 0.673. The number of rotatable bonds is 6. The molecule has 2 aliphatic heterocycles. The summed E-state index contributed by atoms with van der Waals surface area (Å²) < 4.78 is 40.7. The van der Waals surface area contributed by atoms with Crippen molar-refractivity contribution in [2.75, 3.05) is 18.4 Å². The number of halogens is 1. The van der Waals surface area contributed by atoms with Crippen LogP contribution in [-0.2, 0) is 19.6 Å². The fourth-order valence-electron chi connectivity index (χ4n) is 3.97. The highest BCUT2D eigenvalue weighted by Gasteiger charge is 2.40. The van der Waals surface area contributed by atoms with E-state index in [0.29, 0.717) is 24.3 Å². The lowest BCUT2D eigenvalue weighted by Gasteiger charge is -2.19. The third-order valence-electron chi connectivity index (χ3n) is 5.57. The van der Waals surface area contributed by atoms with Gasteiger partial charge in [0, 0.05) is 24.8 Å². The number of hydrogen-bond donors (Lipinski definition) is 1. The van der Waals surface area contributed by atoms with Gasteiger partial charge in [-0.1, -0.05) is 18.2 Å². The molecule has 2 heterocycles. The molecule has 1 saturated heterocycles. The second-order valence-corrected chi connectivity index (χ2v) is 10.0. The molecule has 0 bridgehead atoms. The van der Waals surface area contributed by atoms with Crippen LogP contribution in [-0.4, -0.2) is 48.6 Å². The second-order valence-electron chi connectivity index (χ2n) is 8.09. The van der Waals surface area contributed by atoms with Gasteiger partial charge in [0.05, 0.1) is 10.5 Å². The van der Waals surface area contributed by atoms with Crippen LogP contribution >= 0.6 is 0 Å². The van der Waals surface area contributed by atoms with Crippen molar-refractivity contribution in [3.8, 4) is 0 Å². The second kappa shape index (κ2) is 8.48. The van der Waals surface area contributed by atoms with Crippen LogP contribution in [0, 0.1) is 5.82 Å². The molecule has 0 aliphatic carbocycles. The predicted molar refractivity (Wildman–Crippen MR) is 118 cm³/mol. The van der Waals surface area contributed by atoms with Crippen molar-refractivity contribution in [3.63, 3.8) is 0 Å². The summed E-state index contributed by atoms with van der Waals surface area (Å²) in [6.45, 7) is 4.42. The van der Waals surface area contributed by atoms with Gasteiger partial charge in [0.15, 0.2) is 0 Å². The zero-order valence-electron chi connectivity index (χ0n) is 17.8. The molecule has 0 aromatic heterocycles. The molecule has 32 heavy (non-hydrogen) atoms. The lowest BCUT2D eigenvalue weighted by molar-refractivity contribution is -0.138. The normalized spacial score (nSPS) is 17.7. The molecule has 2 amide bonds. The number of sulfonamides is 1. The smallest absolute Gasteiger partial charge is 0.278 e. The molecule has 1 N–H and O–H groups in total. The zero-order valence-corrected chi connectivity index (χ0v) is 18.7. The summed E-state index contributed by atoms with van der Waals surface area (Å²) in [5.41, 5.74) is 0.922. The minimum atomic E-state index is -3.64. The number of carbonyl (C=O) groups excluding carboxylic acids is 2. The maximum absolute atomic E-state index is 13.4. The van der Waals surface area contributed by atoms with Gasteiger partial charge in [0.1, 0.15) is 11.5 Å². The molecule has 2 aromatic carbocycles. The Morgan fingerprint density at radius 1 is 0.969 bits per heavy atom. The highest BCUT2D eigenvalue weighted by Crippen LogP contribution is 2.32. The molecule has 0 atom stereocenters. The van der Waals surface area contributed by atoms with Crippen LogP contribution in [0.15, 0.2) is 59.1 Å². The number of anilines is 1. The van der Waals surface area contributed by atoms with Crippen LogP contribution in [0.5, 0.6) is 0 Å². The number of benzene rings is 2. The number of nitrogens with zero attached hydrogens (tertiary/aromatic N) is 2. The SMILES string of the molecule is CC(C)N1C(=O)C(Nc2cccc(S(=O)(=O)N3CCCC3)c2)=C(c2ccc(F)cc2)C1=O. The van der Waals surface area contributed by atoms with Gasteiger partial charge in [-0.15, -0.1) is 0 Å². The Hall–Kier alpha value is -3.04. The Bertz CT molecular complexity index is 1200. The van der Waals surface area contributed by atoms with Crippen LogP contribution in [0.1, 0.15) is 32.3 Å². The van der Waals surface area contributed by atoms with E-state index in [2.05, 4.69) is 5.32 Å². The Morgan fingerprint density at radius 3 is 2.25 bits per heavy atom. The summed E-state index contributed by atoms with van der Waals surface area (Å²) in [5.74, 6) is -1.46. The van der Waals surface area contributed by atoms with Crippen LogP contribution < -0.4 is 5.32 Å². The number of hydrogen-bond acceptors (Lipinski definition) is 5. The van der Waals surface area contributed by atoms with Crippen LogP contribution in [0.25, 0.3) is 5.57 Å². The van der Waals surface area contributed by atoms with E-state index in [-0.39, 0.29) is 22.2 Å². The van der Waals surface area contributed by atoms with E-state index in [1.807, 2.05) is 0 Å². The van der Waals surface area contributed by atoms with Gasteiger partial charge in [-0.3, -0.25) is 14.5 Å². The molecule has 2 aromatic rings. The van der Waals surface area contributed by atoms with Crippen LogP contribution in [0.2, 0.25) is 0 Å². The van der Waals surface area contributed by atoms with Gasteiger partial charge < -0.3 is 5.32 Å². The van der Waals surface area contributed by atoms with Crippen molar-refractivity contribution in [2.24, 2.45) is 0 Å². The van der Waals surface area contributed by atoms with Crippen molar-refractivity contribution in [3.05, 3.63) is 65.6 Å². The van der Waals surface area contributed by atoms with Gasteiger partial charge in [0.25, 0.3) is 11.8 Å². The fourth-order valence-corrected chi connectivity index (χ4v) is 5.54. The van der Waals surface area contributed by atoms with Gasteiger partial charge in [-0.25, -0.2) is 12.8 Å². The van der Waals surface area contributed by atoms with Gasteiger partial charge in [0.2, 0.25) is 10.0 Å². The van der Waals surface area contributed by atoms with E-state index >= 15 is 0 Å². The predicted octanol–water partition coefficient (Wildman–Crippen LogP) is 3.21. The molecular formula is C23H24FN3O4S. The van der Waals surface area contributed by atoms with Gasteiger partial charge in [-0.2, -0.15) is 4.31 Å². The molecular weight excluding hydrogens is 433 g/mol. The van der Waals surface area contributed by atoms with Crippen molar-refractivity contribution >= 4 is 33.1 Å². The Labute approximate surface area is 186 Å². The third-order valence-corrected chi connectivity index (χ3v) is 7.47. The maximum Gasteiger partial charge on any atom is 0.278 e. The highest BCUT2D eigenvalue weighted by atomic mass is 32.2. The van der Waals surface area contributed by atoms with E-state index in [1.165, 1.54) is 40.7 Å². The minimum Gasteiger partial charge on any atom is -0.350 e. The third kappa shape index (κ3) is 3.93. The van der Waals surface area contributed by atoms with Gasteiger partial charge >= 0.3 is 0 Å². The average molecular weight is 458 g/mol. The minimum absolute atomic E-state index is 0.0334. The van der Waals surface area contributed by atoms with Crippen LogP contribution in [0.4, 0.5) is 10.1 Å². The monoisotopic (exact) mass is 457 g/mol. The van der Waals surface area contributed by atoms with E-state index in [1.54, 1.807) is 26.0 Å². The standard InChI is InChI=1S/C23H24FN3O4S/c1-15(2)27-22(28)20(16-8-10-17(24)11-9-16)21(23(27)29)25-18-6-5-7-19(14-18)32(30,31)26-12-3-4-13-26/h5-11,14-15,25H,3-4,12-13H2,1-2H3. The Kier molecular flexibility index (Phi) is 5.87. The summed E-state index contributed by atoms with van der Waals surface area (Å²) >= 11 is 0. The molecule has 1 fully saturated rings. The summed E-state index contributed by atoms with van der Waals surface area (Å²) in [6.07, 6.45) is 1.65. The summed E-state index contributed by atoms with van der Waals surface area (Å²) in [7, 11) is -3.64. The fraction of sp³-hybridized carbons (Fsp3) is 0.304. The molecule has 168 valence electrons. The van der Waals surface area contributed by atoms with Crippen molar-refractivity contribution in [2.45, 2.75) is 37.6 Å². The molecule has 9 heteroatoms. The lowest BCUT2D eigenvalue weighted by atomic mass is 10.0. The van der Waals surface area contributed by atoms with Crippen LogP contribution in [0.3, 0.4) is 0 Å². The summed E-state index contributed by atoms with van der Waals surface area (Å²) in [5, 5.41) is 2.96. The largest absolute Gasteiger partial charge is 0.350 e. The zero-order chi connectivity index (χ0) is 23.0. The Morgan fingerprint density at radius 2 is 1.62 bits per heavy atom. The van der Waals surface area contributed by atoms with Crippen molar-refractivity contribution in [1.29, 1.82) is 0 Å². The molecule has 0 spiro atoms. The maximum atomic E-state index is 13.4. The van der Waals surface area contributed by atoms with Crippen molar-refractivity contribution in [1.82, 2.24) is 9.21 Å². The first-order valence-electron chi connectivity index (χ1n) is 10.5. The Balaban J connectivity index is 1.74.